The fourth-order valence-electron chi connectivity index (χ4n) is 2.53. The van der Waals surface area contributed by atoms with E-state index in [-0.39, 0.29) is 5.91 Å². The number of aryl methyl sites for hydroxylation is 2. The van der Waals surface area contributed by atoms with Gasteiger partial charge in [0.25, 0.3) is 5.91 Å². The van der Waals surface area contributed by atoms with Gasteiger partial charge in [-0.05, 0) is 60.8 Å². The fraction of sp³-hybridized carbons (Fsp3) is 0.167. The Morgan fingerprint density at radius 2 is 1.88 bits per heavy atom. The van der Waals surface area contributed by atoms with E-state index in [9.17, 15) is 4.79 Å². The average molecular weight is 339 g/mol. The Morgan fingerprint density at radius 1 is 1.12 bits per heavy atom. The van der Waals surface area contributed by atoms with Crippen molar-refractivity contribution in [2.75, 3.05) is 12.4 Å². The molecule has 0 aliphatic heterocycles. The van der Waals surface area contributed by atoms with Crippen LogP contribution in [0.3, 0.4) is 0 Å². The van der Waals surface area contributed by atoms with E-state index >= 15 is 0 Å². The minimum atomic E-state index is -0.215. The van der Waals surface area contributed by atoms with Gasteiger partial charge in [0.1, 0.15) is 16.3 Å². The molecule has 0 saturated heterocycles. The first-order valence-corrected chi connectivity index (χ1v) is 8.20. The van der Waals surface area contributed by atoms with Crippen molar-refractivity contribution < 1.29 is 9.53 Å². The highest BCUT2D eigenvalue weighted by molar-refractivity contribution is 7.08. The van der Waals surface area contributed by atoms with Crippen molar-refractivity contribution in [3.63, 3.8) is 0 Å². The standard InChI is InChI=1S/C18H17N3O2S/c1-11-7-12(2)9-14(8-11)19-18(22)17-16(20-21-24-17)13-5-4-6-15(10-13)23-3/h4-10H,1-3H3,(H,19,22). The largest absolute Gasteiger partial charge is 0.497 e. The summed E-state index contributed by atoms with van der Waals surface area (Å²) in [5.41, 5.74) is 4.32. The SMILES string of the molecule is COc1cccc(-c2nnsc2C(=O)Nc2cc(C)cc(C)c2)c1. The van der Waals surface area contributed by atoms with E-state index in [4.69, 9.17) is 4.74 Å². The maximum atomic E-state index is 12.6. The molecular weight excluding hydrogens is 322 g/mol. The number of carbonyl (C=O) groups is 1. The number of ether oxygens (including phenoxy) is 1. The van der Waals surface area contributed by atoms with Gasteiger partial charge in [-0.3, -0.25) is 4.79 Å². The highest BCUT2D eigenvalue weighted by Crippen LogP contribution is 2.27. The number of aromatic nitrogens is 2. The molecule has 3 aromatic rings. The monoisotopic (exact) mass is 339 g/mol. The number of amides is 1. The number of hydrogen-bond acceptors (Lipinski definition) is 5. The van der Waals surface area contributed by atoms with E-state index < -0.39 is 0 Å². The zero-order valence-corrected chi connectivity index (χ0v) is 14.5. The number of anilines is 1. The molecule has 0 spiro atoms. The Labute approximate surface area is 144 Å². The van der Waals surface area contributed by atoms with Crippen LogP contribution in [0, 0.1) is 13.8 Å². The summed E-state index contributed by atoms with van der Waals surface area (Å²) in [7, 11) is 1.60. The number of carbonyl (C=O) groups excluding carboxylic acids is 1. The van der Waals surface area contributed by atoms with Gasteiger partial charge in [-0.15, -0.1) is 5.10 Å². The molecule has 0 fully saturated rings. The van der Waals surface area contributed by atoms with Crippen LogP contribution >= 0.6 is 11.5 Å². The van der Waals surface area contributed by atoms with Crippen LogP contribution in [0.5, 0.6) is 5.75 Å². The molecule has 3 rings (SSSR count). The summed E-state index contributed by atoms with van der Waals surface area (Å²) in [6.45, 7) is 4.00. The second-order valence-corrected chi connectivity index (χ2v) is 6.27. The third-order valence-electron chi connectivity index (χ3n) is 3.52. The van der Waals surface area contributed by atoms with Gasteiger partial charge in [0.05, 0.1) is 7.11 Å². The molecule has 2 aromatic carbocycles. The Balaban J connectivity index is 1.90. The number of methoxy groups -OCH3 is 1. The van der Waals surface area contributed by atoms with Crippen LogP contribution in [0.1, 0.15) is 20.8 Å². The van der Waals surface area contributed by atoms with Crippen molar-refractivity contribution in [1.82, 2.24) is 9.59 Å². The summed E-state index contributed by atoms with van der Waals surface area (Å²) in [5, 5.41) is 7.04. The molecule has 0 unspecified atom stereocenters. The molecule has 0 radical (unpaired) electrons. The van der Waals surface area contributed by atoms with E-state index in [1.807, 2.05) is 50.2 Å². The van der Waals surface area contributed by atoms with Crippen LogP contribution in [0.2, 0.25) is 0 Å². The van der Waals surface area contributed by atoms with Crippen LogP contribution in [-0.2, 0) is 0 Å². The van der Waals surface area contributed by atoms with Crippen molar-refractivity contribution in [3.05, 3.63) is 58.5 Å². The van der Waals surface area contributed by atoms with Gasteiger partial charge in [0, 0.05) is 11.3 Å². The third-order valence-corrected chi connectivity index (χ3v) is 4.24. The highest BCUT2D eigenvalue weighted by atomic mass is 32.1. The van der Waals surface area contributed by atoms with Crippen LogP contribution in [0.15, 0.2) is 42.5 Å². The number of nitrogens with zero attached hydrogens (tertiary/aromatic N) is 2. The molecule has 24 heavy (non-hydrogen) atoms. The highest BCUT2D eigenvalue weighted by Gasteiger charge is 2.18. The average Bonchev–Trinajstić information content (AvgIpc) is 3.03. The molecule has 0 saturated carbocycles. The first-order valence-electron chi connectivity index (χ1n) is 7.43. The summed E-state index contributed by atoms with van der Waals surface area (Å²) in [6.07, 6.45) is 0. The van der Waals surface area contributed by atoms with Gasteiger partial charge in [-0.25, -0.2) is 0 Å². The maximum absolute atomic E-state index is 12.6. The van der Waals surface area contributed by atoms with E-state index in [1.54, 1.807) is 7.11 Å². The number of rotatable bonds is 4. The molecule has 1 aromatic heterocycles. The summed E-state index contributed by atoms with van der Waals surface area (Å²) in [5.74, 6) is 0.494. The molecule has 1 heterocycles. The Kier molecular flexibility index (Phi) is 4.57. The normalized spacial score (nSPS) is 10.5. The van der Waals surface area contributed by atoms with Crippen molar-refractivity contribution in [2.45, 2.75) is 13.8 Å². The Bertz CT molecular complexity index is 869. The van der Waals surface area contributed by atoms with Crippen LogP contribution in [0.4, 0.5) is 5.69 Å². The van der Waals surface area contributed by atoms with Gasteiger partial charge in [-0.1, -0.05) is 22.7 Å². The third kappa shape index (κ3) is 3.44. The Morgan fingerprint density at radius 3 is 2.58 bits per heavy atom. The van der Waals surface area contributed by atoms with Crippen molar-refractivity contribution in [1.29, 1.82) is 0 Å². The molecule has 0 aliphatic rings. The zero-order valence-electron chi connectivity index (χ0n) is 13.7. The molecule has 5 nitrogen and oxygen atoms in total. The molecule has 1 amide bonds. The molecule has 1 N–H and O–H groups in total. The van der Waals surface area contributed by atoms with Gasteiger partial charge >= 0.3 is 0 Å². The number of hydrogen-bond donors (Lipinski definition) is 1. The fourth-order valence-corrected chi connectivity index (χ4v) is 3.12. The summed E-state index contributed by atoms with van der Waals surface area (Å²) < 4.78 is 9.17. The lowest BCUT2D eigenvalue weighted by molar-refractivity contribution is 0.103. The quantitative estimate of drug-likeness (QED) is 0.778. The maximum Gasteiger partial charge on any atom is 0.269 e. The van der Waals surface area contributed by atoms with E-state index in [2.05, 4.69) is 21.0 Å². The molecule has 122 valence electrons. The lowest BCUT2D eigenvalue weighted by Gasteiger charge is -2.07. The smallest absolute Gasteiger partial charge is 0.269 e. The molecule has 6 heteroatoms. The minimum Gasteiger partial charge on any atom is -0.497 e. The number of benzene rings is 2. The second-order valence-electron chi connectivity index (χ2n) is 5.51. The molecular formula is C18H17N3O2S. The number of nitrogens with one attached hydrogen (secondary N) is 1. The van der Waals surface area contributed by atoms with Crippen LogP contribution < -0.4 is 10.1 Å². The van der Waals surface area contributed by atoms with Crippen LogP contribution in [0.25, 0.3) is 11.3 Å². The topological polar surface area (TPSA) is 64.1 Å². The zero-order chi connectivity index (χ0) is 17.1. The Hall–Kier alpha value is -2.73. The van der Waals surface area contributed by atoms with Crippen LogP contribution in [-0.4, -0.2) is 22.6 Å². The van der Waals surface area contributed by atoms with Crippen molar-refractivity contribution >= 4 is 23.1 Å². The van der Waals surface area contributed by atoms with Gasteiger partial charge in [0.15, 0.2) is 0 Å². The second kappa shape index (κ2) is 6.80. The summed E-state index contributed by atoms with van der Waals surface area (Å²) in [6, 6.07) is 13.4. The van der Waals surface area contributed by atoms with Gasteiger partial charge in [-0.2, -0.15) is 0 Å². The van der Waals surface area contributed by atoms with Gasteiger partial charge < -0.3 is 10.1 Å². The van der Waals surface area contributed by atoms with E-state index in [1.165, 1.54) is 0 Å². The molecule has 0 aliphatic carbocycles. The van der Waals surface area contributed by atoms with E-state index in [0.29, 0.717) is 16.3 Å². The predicted molar refractivity (Wildman–Crippen MR) is 95.8 cm³/mol. The lowest BCUT2D eigenvalue weighted by atomic mass is 10.1. The molecule has 0 atom stereocenters. The lowest BCUT2D eigenvalue weighted by Crippen LogP contribution is -2.11. The first kappa shape index (κ1) is 16.1. The first-order chi connectivity index (χ1) is 11.6. The minimum absolute atomic E-state index is 0.215. The predicted octanol–water partition coefficient (Wildman–Crippen LogP) is 4.08. The van der Waals surface area contributed by atoms with Crippen molar-refractivity contribution in [2.24, 2.45) is 0 Å². The molecule has 0 bridgehead atoms. The van der Waals surface area contributed by atoms with E-state index in [0.717, 1.165) is 33.9 Å². The summed E-state index contributed by atoms with van der Waals surface area (Å²) >= 11 is 1.08. The summed E-state index contributed by atoms with van der Waals surface area (Å²) in [4.78, 5) is 13.1. The van der Waals surface area contributed by atoms with Gasteiger partial charge in [0.2, 0.25) is 0 Å². The van der Waals surface area contributed by atoms with Crippen molar-refractivity contribution in [3.8, 4) is 17.0 Å².